The number of rotatable bonds is 4. The molecule has 1 heterocycles. The molecule has 0 aliphatic heterocycles. The molecule has 0 aliphatic carbocycles. The summed E-state index contributed by atoms with van der Waals surface area (Å²) in [5, 5.41) is 3.16. The molecule has 0 unspecified atom stereocenters. The van der Waals surface area contributed by atoms with E-state index in [1.807, 2.05) is 0 Å². The van der Waals surface area contributed by atoms with Gasteiger partial charge in [0.1, 0.15) is 5.82 Å². The van der Waals surface area contributed by atoms with Crippen molar-refractivity contribution in [1.82, 2.24) is 0 Å². The Morgan fingerprint density at radius 1 is 1.33 bits per heavy atom. The smallest absolute Gasteiger partial charge is 0.139 e. The number of anilines is 2. The highest BCUT2D eigenvalue weighted by molar-refractivity contribution is 9.10. The molecular formula is C13H14BrFN2S. The van der Waals surface area contributed by atoms with Crippen molar-refractivity contribution in [3.63, 3.8) is 0 Å². The maximum absolute atomic E-state index is 13.4. The van der Waals surface area contributed by atoms with Gasteiger partial charge in [0, 0.05) is 22.4 Å². The van der Waals surface area contributed by atoms with E-state index in [4.69, 9.17) is 5.73 Å². The van der Waals surface area contributed by atoms with Gasteiger partial charge >= 0.3 is 0 Å². The lowest BCUT2D eigenvalue weighted by molar-refractivity contribution is 0.622. The molecule has 0 amide bonds. The molecule has 3 N–H and O–H groups in total. The molecular weight excluding hydrogens is 315 g/mol. The van der Waals surface area contributed by atoms with Crippen LogP contribution in [0.4, 0.5) is 15.8 Å². The average Bonchev–Trinajstić information content (AvgIpc) is 2.80. The van der Waals surface area contributed by atoms with Crippen molar-refractivity contribution in [2.45, 2.75) is 19.9 Å². The number of halogens is 2. The Kier molecular flexibility index (Phi) is 4.24. The Hall–Kier alpha value is -1.07. The van der Waals surface area contributed by atoms with Crippen LogP contribution >= 0.6 is 27.3 Å². The van der Waals surface area contributed by atoms with Gasteiger partial charge in [-0.15, -0.1) is 11.3 Å². The Morgan fingerprint density at radius 2 is 2.06 bits per heavy atom. The number of nitrogen functional groups attached to an aromatic ring is 1. The maximum Gasteiger partial charge on any atom is 0.139 e. The van der Waals surface area contributed by atoms with Crippen LogP contribution in [0, 0.1) is 5.82 Å². The van der Waals surface area contributed by atoms with Gasteiger partial charge in [-0.2, -0.15) is 0 Å². The summed E-state index contributed by atoms with van der Waals surface area (Å²) in [4.78, 5) is 2.57. The Labute approximate surface area is 118 Å². The molecule has 0 saturated heterocycles. The summed E-state index contributed by atoms with van der Waals surface area (Å²) >= 11 is 4.87. The number of hydrogen-bond donors (Lipinski definition) is 2. The largest absolute Gasteiger partial charge is 0.397 e. The first-order valence-electron chi connectivity index (χ1n) is 5.66. The topological polar surface area (TPSA) is 38.0 Å². The average molecular weight is 329 g/mol. The zero-order chi connectivity index (χ0) is 13.1. The molecule has 0 radical (unpaired) electrons. The van der Waals surface area contributed by atoms with Crippen LogP contribution in [0.1, 0.15) is 16.7 Å². The van der Waals surface area contributed by atoms with Gasteiger partial charge < -0.3 is 11.1 Å². The fourth-order valence-corrected chi connectivity index (χ4v) is 2.86. The molecule has 2 nitrogen and oxygen atoms in total. The number of hydrogen-bond acceptors (Lipinski definition) is 3. The van der Waals surface area contributed by atoms with Gasteiger partial charge in [-0.1, -0.05) is 6.92 Å². The van der Waals surface area contributed by atoms with Crippen LogP contribution in [0.15, 0.2) is 28.7 Å². The molecule has 1 aromatic carbocycles. The highest BCUT2D eigenvalue weighted by atomic mass is 79.9. The molecule has 0 bridgehead atoms. The van der Waals surface area contributed by atoms with Gasteiger partial charge in [0.05, 0.1) is 15.8 Å². The number of nitrogens with two attached hydrogens (primary N) is 1. The van der Waals surface area contributed by atoms with Crippen LogP contribution < -0.4 is 11.1 Å². The Bertz CT molecular complexity index is 554. The van der Waals surface area contributed by atoms with Crippen molar-refractivity contribution in [2.24, 2.45) is 0 Å². The Balaban J connectivity index is 2.08. The van der Waals surface area contributed by atoms with E-state index in [-0.39, 0.29) is 5.82 Å². The van der Waals surface area contributed by atoms with Gasteiger partial charge in [-0.3, -0.25) is 0 Å². The first-order chi connectivity index (χ1) is 8.60. The summed E-state index contributed by atoms with van der Waals surface area (Å²) < 4.78 is 13.8. The molecule has 18 heavy (non-hydrogen) atoms. The number of nitrogens with one attached hydrogen (secondary N) is 1. The van der Waals surface area contributed by atoms with E-state index in [2.05, 4.69) is 40.3 Å². The van der Waals surface area contributed by atoms with E-state index in [1.165, 1.54) is 15.8 Å². The van der Waals surface area contributed by atoms with Gasteiger partial charge in [0.2, 0.25) is 0 Å². The SMILES string of the molecule is CCc1ccc(CNc2cc(F)c(Br)cc2N)s1. The van der Waals surface area contributed by atoms with Gasteiger partial charge in [-0.05, 0) is 40.5 Å². The third kappa shape index (κ3) is 3.03. The number of aryl methyl sites for hydroxylation is 1. The quantitative estimate of drug-likeness (QED) is 0.816. The van der Waals surface area contributed by atoms with E-state index in [0.717, 1.165) is 6.42 Å². The molecule has 96 valence electrons. The third-order valence-electron chi connectivity index (χ3n) is 2.61. The standard InChI is InChI=1S/C13H14BrFN2S/c1-2-8-3-4-9(18-8)7-17-13-6-11(15)10(14)5-12(13)16/h3-6,17H,2,7,16H2,1H3. The van der Waals surface area contributed by atoms with Crippen molar-refractivity contribution in [2.75, 3.05) is 11.1 Å². The van der Waals surface area contributed by atoms with Crippen molar-refractivity contribution < 1.29 is 4.39 Å². The summed E-state index contributed by atoms with van der Waals surface area (Å²) in [6.45, 7) is 2.79. The van der Waals surface area contributed by atoms with Crippen LogP contribution in [0.2, 0.25) is 0 Å². The van der Waals surface area contributed by atoms with E-state index in [9.17, 15) is 4.39 Å². The summed E-state index contributed by atoms with van der Waals surface area (Å²) in [6, 6.07) is 7.19. The lowest BCUT2D eigenvalue weighted by atomic mass is 10.2. The van der Waals surface area contributed by atoms with Crippen molar-refractivity contribution in [3.05, 3.63) is 44.3 Å². The number of benzene rings is 1. The van der Waals surface area contributed by atoms with E-state index in [0.29, 0.717) is 22.4 Å². The summed E-state index contributed by atoms with van der Waals surface area (Å²) in [5.41, 5.74) is 6.99. The maximum atomic E-state index is 13.4. The van der Waals surface area contributed by atoms with Crippen molar-refractivity contribution >= 4 is 38.6 Å². The van der Waals surface area contributed by atoms with Gasteiger partial charge in [-0.25, -0.2) is 4.39 Å². The lowest BCUT2D eigenvalue weighted by Gasteiger charge is -2.09. The Morgan fingerprint density at radius 3 is 2.72 bits per heavy atom. The van der Waals surface area contributed by atoms with Crippen LogP contribution in [0.5, 0.6) is 0 Å². The zero-order valence-electron chi connectivity index (χ0n) is 9.97. The van der Waals surface area contributed by atoms with Crippen molar-refractivity contribution in [3.8, 4) is 0 Å². The molecule has 2 aromatic rings. The van der Waals surface area contributed by atoms with E-state index >= 15 is 0 Å². The second-order valence-electron chi connectivity index (χ2n) is 3.93. The second-order valence-corrected chi connectivity index (χ2v) is 6.04. The molecule has 0 aliphatic rings. The van der Waals surface area contributed by atoms with Gasteiger partial charge in [0.25, 0.3) is 0 Å². The summed E-state index contributed by atoms with van der Waals surface area (Å²) in [6.07, 6.45) is 1.04. The van der Waals surface area contributed by atoms with E-state index in [1.54, 1.807) is 17.4 Å². The van der Waals surface area contributed by atoms with Crippen LogP contribution in [0.25, 0.3) is 0 Å². The monoisotopic (exact) mass is 328 g/mol. The fourth-order valence-electron chi connectivity index (χ4n) is 1.61. The summed E-state index contributed by atoms with van der Waals surface area (Å²) in [5.74, 6) is -0.313. The highest BCUT2D eigenvalue weighted by Gasteiger charge is 2.06. The minimum absolute atomic E-state index is 0.313. The molecule has 2 rings (SSSR count). The normalized spacial score (nSPS) is 10.6. The predicted molar refractivity (Wildman–Crippen MR) is 79.5 cm³/mol. The minimum atomic E-state index is -0.313. The van der Waals surface area contributed by atoms with Crippen molar-refractivity contribution in [1.29, 1.82) is 0 Å². The predicted octanol–water partition coefficient (Wildman–Crippen LogP) is 4.41. The lowest BCUT2D eigenvalue weighted by Crippen LogP contribution is -2.02. The second kappa shape index (κ2) is 5.71. The third-order valence-corrected chi connectivity index (χ3v) is 4.45. The van der Waals surface area contributed by atoms with Gasteiger partial charge in [0.15, 0.2) is 0 Å². The highest BCUT2D eigenvalue weighted by Crippen LogP contribution is 2.27. The summed E-state index contributed by atoms with van der Waals surface area (Å²) in [7, 11) is 0. The van der Waals surface area contributed by atoms with Crippen LogP contribution in [-0.4, -0.2) is 0 Å². The molecule has 1 aromatic heterocycles. The number of thiophene rings is 1. The zero-order valence-corrected chi connectivity index (χ0v) is 12.4. The van der Waals surface area contributed by atoms with Crippen LogP contribution in [0.3, 0.4) is 0 Å². The molecule has 0 fully saturated rings. The molecule has 0 saturated carbocycles. The van der Waals surface area contributed by atoms with Crippen LogP contribution in [-0.2, 0) is 13.0 Å². The van der Waals surface area contributed by atoms with E-state index < -0.39 is 0 Å². The fraction of sp³-hybridized carbons (Fsp3) is 0.231. The molecule has 0 spiro atoms. The first-order valence-corrected chi connectivity index (χ1v) is 7.27. The molecule has 5 heteroatoms. The minimum Gasteiger partial charge on any atom is -0.397 e. The first kappa shape index (κ1) is 13.4. The molecule has 0 atom stereocenters.